The van der Waals surface area contributed by atoms with Crippen molar-refractivity contribution in [3.05, 3.63) is 49.6 Å². The average Bonchev–Trinajstić information content (AvgIpc) is 2.68. The molecule has 1 heterocycles. The van der Waals surface area contributed by atoms with Crippen LogP contribution in [0, 0.1) is 13.8 Å². The van der Waals surface area contributed by atoms with E-state index in [1.807, 2.05) is 6.07 Å². The van der Waals surface area contributed by atoms with Crippen LogP contribution in [-0.2, 0) is 0 Å². The molecule has 0 aliphatic rings. The number of methoxy groups -OCH3 is 1. The predicted octanol–water partition coefficient (Wildman–Crippen LogP) is 5.62. The summed E-state index contributed by atoms with van der Waals surface area (Å²) in [5.74, 6) is 0.932. The van der Waals surface area contributed by atoms with Crippen LogP contribution in [0.5, 0.6) is 5.75 Å². The van der Waals surface area contributed by atoms with E-state index in [4.69, 9.17) is 4.74 Å². The van der Waals surface area contributed by atoms with Crippen molar-refractivity contribution in [2.24, 2.45) is 0 Å². The molecule has 2 aromatic rings. The Morgan fingerprint density at radius 3 is 2.39 bits per heavy atom. The Morgan fingerprint density at radius 1 is 1.17 bits per heavy atom. The van der Waals surface area contributed by atoms with E-state index in [9.17, 15) is 0 Å². The molecule has 1 unspecified atom stereocenters. The number of ether oxygens (including phenoxy) is 1. The third-order valence-corrected chi connectivity index (χ3v) is 6.36. The van der Waals surface area contributed by atoms with Gasteiger partial charge in [-0.15, -0.1) is 11.3 Å². The number of hydrogen-bond donors (Lipinski definition) is 0. The van der Waals surface area contributed by atoms with E-state index >= 15 is 0 Å². The van der Waals surface area contributed by atoms with E-state index in [-0.39, 0.29) is 4.83 Å². The summed E-state index contributed by atoms with van der Waals surface area (Å²) in [5, 5.41) is 0. The van der Waals surface area contributed by atoms with Crippen molar-refractivity contribution in [3.63, 3.8) is 0 Å². The lowest BCUT2D eigenvalue weighted by Gasteiger charge is -2.11. The summed E-state index contributed by atoms with van der Waals surface area (Å²) in [5.41, 5.74) is 3.69. The lowest BCUT2D eigenvalue weighted by atomic mass is 10.1. The molecule has 2 rings (SSSR count). The molecule has 0 bridgehead atoms. The third kappa shape index (κ3) is 2.81. The molecule has 0 amide bonds. The number of halogens is 2. The Balaban J connectivity index is 2.33. The Hall–Kier alpha value is -0.320. The smallest absolute Gasteiger partial charge is 0.121 e. The van der Waals surface area contributed by atoms with E-state index < -0.39 is 0 Å². The van der Waals surface area contributed by atoms with Crippen molar-refractivity contribution in [3.8, 4) is 5.75 Å². The Kier molecular flexibility index (Phi) is 4.51. The van der Waals surface area contributed by atoms with Crippen molar-refractivity contribution in [1.82, 2.24) is 0 Å². The largest absolute Gasteiger partial charge is 0.496 e. The van der Waals surface area contributed by atoms with Crippen LogP contribution in [0.2, 0.25) is 0 Å². The zero-order valence-electron chi connectivity index (χ0n) is 10.5. The van der Waals surface area contributed by atoms with Gasteiger partial charge in [0.1, 0.15) is 5.75 Å². The minimum atomic E-state index is 0.233. The minimum absolute atomic E-state index is 0.233. The monoisotopic (exact) mass is 388 g/mol. The van der Waals surface area contributed by atoms with E-state index in [2.05, 4.69) is 63.9 Å². The molecule has 1 nitrogen and oxygen atoms in total. The maximum atomic E-state index is 5.29. The molecule has 0 saturated carbocycles. The highest BCUT2D eigenvalue weighted by atomic mass is 79.9. The van der Waals surface area contributed by atoms with Crippen molar-refractivity contribution >= 4 is 43.2 Å². The van der Waals surface area contributed by atoms with Crippen LogP contribution in [0.4, 0.5) is 0 Å². The molecule has 0 radical (unpaired) electrons. The van der Waals surface area contributed by atoms with Gasteiger partial charge in [-0.05, 0) is 58.6 Å². The molecule has 4 heteroatoms. The summed E-state index contributed by atoms with van der Waals surface area (Å²) < 4.78 is 6.49. The SMILES string of the molecule is COc1ccc(C(Br)c2cc(C)c(Br)s2)cc1C. The van der Waals surface area contributed by atoms with Gasteiger partial charge in [0, 0.05) is 4.88 Å². The summed E-state index contributed by atoms with van der Waals surface area (Å²) >= 11 is 9.11. The van der Waals surface area contributed by atoms with Gasteiger partial charge in [-0.3, -0.25) is 0 Å². The quantitative estimate of drug-likeness (QED) is 0.619. The number of hydrogen-bond acceptors (Lipinski definition) is 2. The van der Waals surface area contributed by atoms with E-state index in [0.29, 0.717) is 0 Å². The van der Waals surface area contributed by atoms with Gasteiger partial charge in [0.2, 0.25) is 0 Å². The highest BCUT2D eigenvalue weighted by Gasteiger charge is 2.15. The summed E-state index contributed by atoms with van der Waals surface area (Å²) in [6.07, 6.45) is 0. The molecule has 0 saturated heterocycles. The molecule has 1 atom stereocenters. The van der Waals surface area contributed by atoms with Crippen molar-refractivity contribution in [2.75, 3.05) is 7.11 Å². The van der Waals surface area contributed by atoms with E-state index in [0.717, 1.165) is 11.3 Å². The Morgan fingerprint density at radius 2 is 1.89 bits per heavy atom. The Labute approximate surface area is 128 Å². The molecule has 96 valence electrons. The van der Waals surface area contributed by atoms with Gasteiger partial charge in [-0.1, -0.05) is 28.1 Å². The molecule has 0 aliphatic carbocycles. The highest BCUT2D eigenvalue weighted by Crippen LogP contribution is 2.39. The maximum Gasteiger partial charge on any atom is 0.121 e. The van der Waals surface area contributed by atoms with Crippen LogP contribution < -0.4 is 4.74 Å². The second kappa shape index (κ2) is 5.76. The zero-order chi connectivity index (χ0) is 13.3. The molecular formula is C14H14Br2OS. The first kappa shape index (κ1) is 14.1. The lowest BCUT2D eigenvalue weighted by Crippen LogP contribution is -1.93. The van der Waals surface area contributed by atoms with Gasteiger partial charge in [0.15, 0.2) is 0 Å². The first-order chi connectivity index (χ1) is 8.52. The van der Waals surface area contributed by atoms with Gasteiger partial charge in [0.25, 0.3) is 0 Å². The molecule has 18 heavy (non-hydrogen) atoms. The van der Waals surface area contributed by atoms with Crippen molar-refractivity contribution in [2.45, 2.75) is 18.7 Å². The Bertz CT molecular complexity index is 543. The van der Waals surface area contributed by atoms with Crippen LogP contribution >= 0.6 is 43.2 Å². The third-order valence-electron chi connectivity index (χ3n) is 2.84. The van der Waals surface area contributed by atoms with E-state index in [1.54, 1.807) is 18.4 Å². The fourth-order valence-corrected chi connectivity index (χ4v) is 4.11. The highest BCUT2D eigenvalue weighted by molar-refractivity contribution is 9.11. The van der Waals surface area contributed by atoms with Gasteiger partial charge < -0.3 is 4.74 Å². The molecule has 0 spiro atoms. The number of thiophene rings is 1. The number of aryl methyl sites for hydroxylation is 2. The second-order valence-electron chi connectivity index (χ2n) is 4.20. The van der Waals surface area contributed by atoms with Gasteiger partial charge in [-0.25, -0.2) is 0 Å². The second-order valence-corrected chi connectivity index (χ2v) is 7.51. The van der Waals surface area contributed by atoms with Gasteiger partial charge in [0.05, 0.1) is 15.7 Å². The summed E-state index contributed by atoms with van der Waals surface area (Å²) in [4.78, 5) is 1.54. The van der Waals surface area contributed by atoms with Crippen LogP contribution in [0.1, 0.15) is 26.4 Å². The summed E-state index contributed by atoms with van der Waals surface area (Å²) in [7, 11) is 1.70. The van der Waals surface area contributed by atoms with Crippen LogP contribution in [0.15, 0.2) is 28.1 Å². The average molecular weight is 390 g/mol. The summed E-state index contributed by atoms with van der Waals surface area (Å²) in [6, 6.07) is 8.51. The predicted molar refractivity (Wildman–Crippen MR) is 85.3 cm³/mol. The van der Waals surface area contributed by atoms with Crippen LogP contribution in [-0.4, -0.2) is 7.11 Å². The number of benzene rings is 1. The molecule has 1 aromatic carbocycles. The fraction of sp³-hybridized carbons (Fsp3) is 0.286. The summed E-state index contributed by atoms with van der Waals surface area (Å²) in [6.45, 7) is 4.18. The molecule has 1 aromatic heterocycles. The van der Waals surface area contributed by atoms with Crippen LogP contribution in [0.25, 0.3) is 0 Å². The zero-order valence-corrected chi connectivity index (χ0v) is 14.4. The normalized spacial score (nSPS) is 12.5. The number of rotatable bonds is 3. The van der Waals surface area contributed by atoms with E-state index in [1.165, 1.54) is 19.8 Å². The first-order valence-electron chi connectivity index (χ1n) is 5.57. The molecule has 0 aliphatic heterocycles. The standard InChI is InChI=1S/C14H14Br2OS/c1-8-6-10(4-5-11(8)17-3)13(15)12-7-9(2)14(16)18-12/h4-7,13H,1-3H3. The maximum absolute atomic E-state index is 5.29. The lowest BCUT2D eigenvalue weighted by molar-refractivity contribution is 0.411. The van der Waals surface area contributed by atoms with Crippen molar-refractivity contribution in [1.29, 1.82) is 0 Å². The molecule has 0 fully saturated rings. The fourth-order valence-electron chi connectivity index (χ4n) is 1.83. The topological polar surface area (TPSA) is 9.23 Å². The van der Waals surface area contributed by atoms with Gasteiger partial charge >= 0.3 is 0 Å². The van der Waals surface area contributed by atoms with Gasteiger partial charge in [-0.2, -0.15) is 0 Å². The first-order valence-corrected chi connectivity index (χ1v) is 8.10. The molecule has 0 N–H and O–H groups in total. The minimum Gasteiger partial charge on any atom is -0.496 e. The molecular weight excluding hydrogens is 376 g/mol. The van der Waals surface area contributed by atoms with Crippen molar-refractivity contribution < 1.29 is 4.74 Å². The number of alkyl halides is 1. The van der Waals surface area contributed by atoms with Crippen LogP contribution in [0.3, 0.4) is 0 Å².